The first-order chi connectivity index (χ1) is 16.6. The number of amides is 2. The molecule has 0 saturated carbocycles. The zero-order valence-corrected chi connectivity index (χ0v) is 19.6. The highest BCUT2D eigenvalue weighted by Crippen LogP contribution is 2.32. The minimum Gasteiger partial charge on any atom is -0.482 e. The molecule has 34 heavy (non-hydrogen) atoms. The number of carbonyl (C=O) groups excluding carboxylic acids is 2. The fourth-order valence-electron chi connectivity index (χ4n) is 4.00. The van der Waals surface area contributed by atoms with Gasteiger partial charge in [0, 0.05) is 38.3 Å². The van der Waals surface area contributed by atoms with Crippen LogP contribution in [-0.4, -0.2) is 46.7 Å². The SMILES string of the molecule is CN(Cc1cn(-c2ccccc2)nc1-c1cccs1)C(=O)CCN1C(=O)COc2ccccc21. The highest BCUT2D eigenvalue weighted by molar-refractivity contribution is 7.13. The number of thiophene rings is 1. The molecule has 0 fully saturated rings. The third-order valence-corrected chi connectivity index (χ3v) is 6.63. The Morgan fingerprint density at radius 2 is 1.88 bits per heavy atom. The van der Waals surface area contributed by atoms with Crippen LogP contribution < -0.4 is 9.64 Å². The Morgan fingerprint density at radius 3 is 2.68 bits per heavy atom. The van der Waals surface area contributed by atoms with E-state index in [1.165, 1.54) is 0 Å². The molecule has 8 heteroatoms. The van der Waals surface area contributed by atoms with Gasteiger partial charge in [0.1, 0.15) is 11.4 Å². The number of ether oxygens (including phenoxy) is 1. The molecule has 5 rings (SSSR count). The average molecular weight is 473 g/mol. The maximum Gasteiger partial charge on any atom is 0.265 e. The summed E-state index contributed by atoms with van der Waals surface area (Å²) in [6.07, 6.45) is 2.20. The van der Waals surface area contributed by atoms with E-state index in [1.54, 1.807) is 28.2 Å². The van der Waals surface area contributed by atoms with Crippen molar-refractivity contribution in [2.45, 2.75) is 13.0 Å². The third-order valence-electron chi connectivity index (χ3n) is 5.76. The van der Waals surface area contributed by atoms with Gasteiger partial charge in [-0.1, -0.05) is 36.4 Å². The molecule has 0 atom stereocenters. The lowest BCUT2D eigenvalue weighted by molar-refractivity contribution is -0.130. The molecule has 4 aromatic rings. The molecule has 0 N–H and O–H groups in total. The molecule has 0 spiro atoms. The van der Waals surface area contributed by atoms with Crippen LogP contribution >= 0.6 is 11.3 Å². The predicted molar refractivity (Wildman–Crippen MR) is 132 cm³/mol. The third kappa shape index (κ3) is 4.45. The molecule has 7 nitrogen and oxygen atoms in total. The van der Waals surface area contributed by atoms with E-state index in [0.717, 1.165) is 21.8 Å². The maximum atomic E-state index is 13.0. The Kier molecular flexibility index (Phi) is 6.14. The van der Waals surface area contributed by atoms with Crippen molar-refractivity contribution in [2.24, 2.45) is 0 Å². The fraction of sp³-hybridized carbons (Fsp3) is 0.192. The Bertz CT molecular complexity index is 1300. The molecule has 0 saturated heterocycles. The van der Waals surface area contributed by atoms with E-state index < -0.39 is 0 Å². The van der Waals surface area contributed by atoms with Crippen LogP contribution in [0.3, 0.4) is 0 Å². The van der Waals surface area contributed by atoms with Crippen molar-refractivity contribution in [1.82, 2.24) is 14.7 Å². The highest BCUT2D eigenvalue weighted by atomic mass is 32.1. The predicted octanol–water partition coefficient (Wildman–Crippen LogP) is 4.37. The van der Waals surface area contributed by atoms with Crippen molar-refractivity contribution in [1.29, 1.82) is 0 Å². The average Bonchev–Trinajstić information content (AvgIpc) is 3.54. The summed E-state index contributed by atoms with van der Waals surface area (Å²) in [5, 5.41) is 6.83. The molecule has 1 aliphatic rings. The largest absolute Gasteiger partial charge is 0.482 e. The van der Waals surface area contributed by atoms with E-state index >= 15 is 0 Å². The summed E-state index contributed by atoms with van der Waals surface area (Å²) in [5.74, 6) is 0.483. The lowest BCUT2D eigenvalue weighted by Gasteiger charge is -2.29. The number of hydrogen-bond acceptors (Lipinski definition) is 5. The van der Waals surface area contributed by atoms with Crippen LogP contribution in [0.4, 0.5) is 5.69 Å². The molecule has 0 unspecified atom stereocenters. The van der Waals surface area contributed by atoms with Gasteiger partial charge in [0.15, 0.2) is 6.61 Å². The van der Waals surface area contributed by atoms with Crippen LogP contribution in [0.15, 0.2) is 78.3 Å². The molecule has 3 heterocycles. The van der Waals surface area contributed by atoms with E-state index in [1.807, 2.05) is 83.0 Å². The Balaban J connectivity index is 1.31. The second kappa shape index (κ2) is 9.52. The molecule has 2 aromatic heterocycles. The van der Waals surface area contributed by atoms with Gasteiger partial charge in [-0.25, -0.2) is 4.68 Å². The van der Waals surface area contributed by atoms with Crippen molar-refractivity contribution in [3.8, 4) is 22.0 Å². The van der Waals surface area contributed by atoms with Crippen LogP contribution in [0.5, 0.6) is 5.75 Å². The van der Waals surface area contributed by atoms with Gasteiger partial charge in [-0.2, -0.15) is 5.10 Å². The first-order valence-corrected chi connectivity index (χ1v) is 11.9. The van der Waals surface area contributed by atoms with E-state index in [9.17, 15) is 9.59 Å². The number of para-hydroxylation sites is 3. The molecule has 0 radical (unpaired) electrons. The first kappa shape index (κ1) is 21.9. The molecular weight excluding hydrogens is 448 g/mol. The Morgan fingerprint density at radius 1 is 1.09 bits per heavy atom. The normalized spacial score (nSPS) is 12.9. The second-order valence-electron chi connectivity index (χ2n) is 8.06. The molecule has 1 aliphatic heterocycles. The van der Waals surface area contributed by atoms with Crippen molar-refractivity contribution >= 4 is 28.8 Å². The van der Waals surface area contributed by atoms with Gasteiger partial charge >= 0.3 is 0 Å². The van der Waals surface area contributed by atoms with Gasteiger partial charge in [0.2, 0.25) is 5.91 Å². The second-order valence-corrected chi connectivity index (χ2v) is 9.01. The zero-order valence-electron chi connectivity index (χ0n) is 18.8. The Labute approximate surface area is 201 Å². The van der Waals surface area contributed by atoms with Crippen LogP contribution in [0.25, 0.3) is 16.3 Å². The van der Waals surface area contributed by atoms with Crippen LogP contribution in [0.2, 0.25) is 0 Å². The maximum absolute atomic E-state index is 13.0. The van der Waals surface area contributed by atoms with Crippen molar-refractivity contribution in [2.75, 3.05) is 25.1 Å². The Hall–Kier alpha value is -3.91. The number of rotatable bonds is 7. The molecule has 172 valence electrons. The topological polar surface area (TPSA) is 67.7 Å². The molecule has 2 amide bonds. The van der Waals surface area contributed by atoms with Gasteiger partial charge in [-0.05, 0) is 35.7 Å². The summed E-state index contributed by atoms with van der Waals surface area (Å²) in [5.41, 5.74) is 3.51. The van der Waals surface area contributed by atoms with Crippen molar-refractivity contribution in [3.63, 3.8) is 0 Å². The molecule has 0 aliphatic carbocycles. The summed E-state index contributed by atoms with van der Waals surface area (Å²) in [6, 6.07) is 21.4. The standard InChI is InChI=1S/C26H24N4O3S/c1-28(24(31)13-14-29-21-10-5-6-11-22(21)33-18-25(29)32)16-19-17-30(20-8-3-2-4-9-20)27-26(19)23-12-7-15-34-23/h2-12,15,17H,13-14,16,18H2,1H3. The van der Waals surface area contributed by atoms with E-state index in [-0.39, 0.29) is 24.8 Å². The van der Waals surface area contributed by atoms with Crippen LogP contribution in [0, 0.1) is 0 Å². The van der Waals surface area contributed by atoms with Gasteiger partial charge in [-0.15, -0.1) is 11.3 Å². The van der Waals surface area contributed by atoms with Crippen molar-refractivity contribution < 1.29 is 14.3 Å². The summed E-state index contributed by atoms with van der Waals surface area (Å²) >= 11 is 1.62. The van der Waals surface area contributed by atoms with Gasteiger partial charge in [0.05, 0.1) is 16.3 Å². The number of carbonyl (C=O) groups is 2. The smallest absolute Gasteiger partial charge is 0.265 e. The number of nitrogens with zero attached hydrogens (tertiary/aromatic N) is 4. The van der Waals surface area contributed by atoms with E-state index in [4.69, 9.17) is 9.84 Å². The summed E-state index contributed by atoms with van der Waals surface area (Å²) in [6.45, 7) is 0.722. The molecule has 0 bridgehead atoms. The van der Waals surface area contributed by atoms with Gasteiger partial charge in [0.25, 0.3) is 5.91 Å². The van der Waals surface area contributed by atoms with E-state index in [2.05, 4.69) is 0 Å². The van der Waals surface area contributed by atoms with Crippen LogP contribution in [-0.2, 0) is 16.1 Å². The van der Waals surface area contributed by atoms with Crippen LogP contribution in [0.1, 0.15) is 12.0 Å². The van der Waals surface area contributed by atoms with Gasteiger partial charge < -0.3 is 14.5 Å². The number of benzene rings is 2. The first-order valence-electron chi connectivity index (χ1n) is 11.0. The summed E-state index contributed by atoms with van der Waals surface area (Å²) in [4.78, 5) is 29.8. The number of anilines is 1. The highest BCUT2D eigenvalue weighted by Gasteiger charge is 2.26. The number of hydrogen-bond donors (Lipinski definition) is 0. The minimum absolute atomic E-state index is 0.0100. The number of aromatic nitrogens is 2. The van der Waals surface area contributed by atoms with Crippen molar-refractivity contribution in [3.05, 3.63) is 83.9 Å². The quantitative estimate of drug-likeness (QED) is 0.401. The van der Waals surface area contributed by atoms with Gasteiger partial charge in [-0.3, -0.25) is 9.59 Å². The monoisotopic (exact) mass is 472 g/mol. The lowest BCUT2D eigenvalue weighted by Crippen LogP contribution is -2.41. The lowest BCUT2D eigenvalue weighted by atomic mass is 10.2. The zero-order chi connectivity index (χ0) is 23.5. The fourth-order valence-corrected chi connectivity index (χ4v) is 4.74. The summed E-state index contributed by atoms with van der Waals surface area (Å²) in [7, 11) is 1.79. The molecular formula is C26H24N4O3S. The molecule has 2 aromatic carbocycles. The summed E-state index contributed by atoms with van der Waals surface area (Å²) < 4.78 is 7.34. The number of fused-ring (bicyclic) bond motifs is 1. The minimum atomic E-state index is -0.140. The van der Waals surface area contributed by atoms with E-state index in [0.29, 0.717) is 24.5 Å².